The van der Waals surface area contributed by atoms with Gasteiger partial charge in [-0.15, -0.1) is 11.8 Å². The second-order valence-electron chi connectivity index (χ2n) is 4.30. The highest BCUT2D eigenvalue weighted by molar-refractivity contribution is 4.97. The zero-order valence-electron chi connectivity index (χ0n) is 10.5. The quantitative estimate of drug-likeness (QED) is 0.453. The molecule has 1 unspecified atom stereocenters. The summed E-state index contributed by atoms with van der Waals surface area (Å²) in [4.78, 5) is 0. The lowest BCUT2D eigenvalue weighted by Gasteiger charge is -2.07. The molecule has 0 aliphatic heterocycles. The van der Waals surface area contributed by atoms with E-state index in [1.54, 1.807) is 0 Å². The van der Waals surface area contributed by atoms with Crippen molar-refractivity contribution < 1.29 is 0 Å². The maximum Gasteiger partial charge on any atom is 0.0241 e. The van der Waals surface area contributed by atoms with E-state index in [-0.39, 0.29) is 0 Å². The van der Waals surface area contributed by atoms with Crippen molar-refractivity contribution in [2.45, 2.75) is 77.7 Å². The van der Waals surface area contributed by atoms with Crippen molar-refractivity contribution in [2.24, 2.45) is 5.73 Å². The predicted molar refractivity (Wildman–Crippen MR) is 68.7 cm³/mol. The highest BCUT2D eigenvalue weighted by Crippen LogP contribution is 2.09. The molecule has 0 aliphatic rings. The van der Waals surface area contributed by atoms with Gasteiger partial charge in [-0.3, -0.25) is 0 Å². The molecule has 0 saturated heterocycles. The van der Waals surface area contributed by atoms with Gasteiger partial charge in [0, 0.05) is 12.5 Å². The van der Waals surface area contributed by atoms with Crippen molar-refractivity contribution in [3.05, 3.63) is 0 Å². The van der Waals surface area contributed by atoms with E-state index in [9.17, 15) is 0 Å². The molecule has 2 N–H and O–H groups in total. The molecule has 0 spiro atoms. The molecule has 0 aromatic heterocycles. The first-order chi connectivity index (χ1) is 7.31. The van der Waals surface area contributed by atoms with Crippen LogP contribution in [0.3, 0.4) is 0 Å². The van der Waals surface area contributed by atoms with Crippen LogP contribution < -0.4 is 5.73 Å². The van der Waals surface area contributed by atoms with E-state index in [1.165, 1.54) is 44.9 Å². The van der Waals surface area contributed by atoms with Gasteiger partial charge < -0.3 is 5.73 Å². The van der Waals surface area contributed by atoms with Gasteiger partial charge in [-0.1, -0.05) is 51.9 Å². The Bertz CT molecular complexity index is 176. The minimum atomic E-state index is 0.299. The van der Waals surface area contributed by atoms with Crippen LogP contribution in [0.25, 0.3) is 0 Å². The van der Waals surface area contributed by atoms with Gasteiger partial charge in [-0.05, 0) is 13.3 Å². The van der Waals surface area contributed by atoms with Gasteiger partial charge in [0.15, 0.2) is 0 Å². The third-order valence-corrected chi connectivity index (χ3v) is 2.72. The SMILES string of the molecule is CC#CCC(N)CCCCCCCCC. The van der Waals surface area contributed by atoms with E-state index < -0.39 is 0 Å². The molecule has 0 aliphatic carbocycles. The van der Waals surface area contributed by atoms with Crippen molar-refractivity contribution >= 4 is 0 Å². The zero-order chi connectivity index (χ0) is 11.4. The minimum absolute atomic E-state index is 0.299. The van der Waals surface area contributed by atoms with E-state index >= 15 is 0 Å². The summed E-state index contributed by atoms with van der Waals surface area (Å²) >= 11 is 0. The molecule has 1 heteroatoms. The molecule has 0 heterocycles. The standard InChI is InChI=1S/C14H27N/c1-3-5-7-8-9-10-11-13-14(15)12-6-4-2/h14H,3,5,7-13,15H2,1-2H3. The molecule has 0 saturated carbocycles. The molecule has 0 aromatic rings. The van der Waals surface area contributed by atoms with Crippen molar-refractivity contribution in [1.82, 2.24) is 0 Å². The Hall–Kier alpha value is -0.480. The van der Waals surface area contributed by atoms with E-state index in [2.05, 4.69) is 18.8 Å². The summed E-state index contributed by atoms with van der Waals surface area (Å²) < 4.78 is 0. The normalized spacial score (nSPS) is 11.9. The Kier molecular flexibility index (Phi) is 11.2. The summed E-state index contributed by atoms with van der Waals surface area (Å²) in [7, 11) is 0. The molecule has 0 radical (unpaired) electrons. The minimum Gasteiger partial charge on any atom is -0.327 e. The van der Waals surface area contributed by atoms with Crippen molar-refractivity contribution in [1.29, 1.82) is 0 Å². The van der Waals surface area contributed by atoms with Crippen LogP contribution in [0.15, 0.2) is 0 Å². The van der Waals surface area contributed by atoms with Crippen molar-refractivity contribution in [2.75, 3.05) is 0 Å². The summed E-state index contributed by atoms with van der Waals surface area (Å²) in [6.07, 6.45) is 11.5. The Morgan fingerprint density at radius 1 is 1.00 bits per heavy atom. The van der Waals surface area contributed by atoms with Crippen LogP contribution in [0.5, 0.6) is 0 Å². The van der Waals surface area contributed by atoms with E-state index in [4.69, 9.17) is 5.73 Å². The average molecular weight is 209 g/mol. The summed E-state index contributed by atoms with van der Waals surface area (Å²) in [6.45, 7) is 4.13. The first kappa shape index (κ1) is 14.5. The fourth-order valence-corrected chi connectivity index (χ4v) is 1.70. The van der Waals surface area contributed by atoms with Gasteiger partial charge in [0.2, 0.25) is 0 Å². The molecular formula is C14H27N. The van der Waals surface area contributed by atoms with Crippen LogP contribution in [0.2, 0.25) is 0 Å². The third kappa shape index (κ3) is 11.4. The topological polar surface area (TPSA) is 26.0 Å². The molecule has 0 aromatic carbocycles. The summed E-state index contributed by atoms with van der Waals surface area (Å²) in [5.41, 5.74) is 5.92. The molecule has 0 bridgehead atoms. The molecule has 1 atom stereocenters. The number of hydrogen-bond acceptors (Lipinski definition) is 1. The van der Waals surface area contributed by atoms with E-state index in [1.807, 2.05) is 6.92 Å². The lowest BCUT2D eigenvalue weighted by atomic mass is 10.0. The number of unbranched alkanes of at least 4 members (excludes halogenated alkanes) is 6. The molecule has 15 heavy (non-hydrogen) atoms. The smallest absolute Gasteiger partial charge is 0.0241 e. The Morgan fingerprint density at radius 2 is 1.60 bits per heavy atom. The summed E-state index contributed by atoms with van der Waals surface area (Å²) in [5, 5.41) is 0. The van der Waals surface area contributed by atoms with Gasteiger partial charge in [0.05, 0.1) is 0 Å². The van der Waals surface area contributed by atoms with Gasteiger partial charge >= 0.3 is 0 Å². The molecule has 1 nitrogen and oxygen atoms in total. The Morgan fingerprint density at radius 3 is 2.20 bits per heavy atom. The maximum atomic E-state index is 5.92. The largest absolute Gasteiger partial charge is 0.327 e. The lowest BCUT2D eigenvalue weighted by molar-refractivity contribution is 0.535. The predicted octanol–water partition coefficient (Wildman–Crippen LogP) is 3.87. The second-order valence-corrected chi connectivity index (χ2v) is 4.30. The van der Waals surface area contributed by atoms with Gasteiger partial charge in [0.25, 0.3) is 0 Å². The van der Waals surface area contributed by atoms with Crippen LogP contribution in [-0.2, 0) is 0 Å². The fourth-order valence-electron chi connectivity index (χ4n) is 1.70. The zero-order valence-corrected chi connectivity index (χ0v) is 10.5. The molecule has 0 amide bonds. The second kappa shape index (κ2) is 11.6. The first-order valence-electron chi connectivity index (χ1n) is 6.46. The fraction of sp³-hybridized carbons (Fsp3) is 0.857. The van der Waals surface area contributed by atoms with Crippen LogP contribution in [0.4, 0.5) is 0 Å². The molecule has 0 rings (SSSR count). The lowest BCUT2D eigenvalue weighted by Crippen LogP contribution is -2.18. The highest BCUT2D eigenvalue weighted by Gasteiger charge is 1.99. The van der Waals surface area contributed by atoms with Gasteiger partial charge in [0.1, 0.15) is 0 Å². The van der Waals surface area contributed by atoms with E-state index in [0.717, 1.165) is 12.8 Å². The maximum absolute atomic E-state index is 5.92. The number of nitrogens with two attached hydrogens (primary N) is 1. The van der Waals surface area contributed by atoms with Crippen LogP contribution in [-0.4, -0.2) is 6.04 Å². The molecular weight excluding hydrogens is 182 g/mol. The Labute approximate surface area is 95.8 Å². The van der Waals surface area contributed by atoms with Gasteiger partial charge in [-0.25, -0.2) is 0 Å². The van der Waals surface area contributed by atoms with Crippen LogP contribution in [0.1, 0.15) is 71.6 Å². The molecule has 0 fully saturated rings. The van der Waals surface area contributed by atoms with Crippen molar-refractivity contribution in [3.8, 4) is 11.8 Å². The molecule has 88 valence electrons. The Balaban J connectivity index is 3.11. The summed E-state index contributed by atoms with van der Waals surface area (Å²) in [5.74, 6) is 5.94. The average Bonchev–Trinajstić information content (AvgIpc) is 2.25. The number of hydrogen-bond donors (Lipinski definition) is 1. The third-order valence-electron chi connectivity index (χ3n) is 2.72. The highest BCUT2D eigenvalue weighted by atomic mass is 14.6. The van der Waals surface area contributed by atoms with E-state index in [0.29, 0.717) is 6.04 Å². The monoisotopic (exact) mass is 209 g/mol. The number of rotatable bonds is 9. The first-order valence-corrected chi connectivity index (χ1v) is 6.46. The van der Waals surface area contributed by atoms with Crippen LogP contribution >= 0.6 is 0 Å². The summed E-state index contributed by atoms with van der Waals surface area (Å²) in [6, 6.07) is 0.299. The van der Waals surface area contributed by atoms with Crippen LogP contribution in [0, 0.1) is 11.8 Å². The van der Waals surface area contributed by atoms with Crippen molar-refractivity contribution in [3.63, 3.8) is 0 Å². The van der Waals surface area contributed by atoms with Gasteiger partial charge in [-0.2, -0.15) is 0 Å².